The highest BCUT2D eigenvalue weighted by Gasteiger charge is 2.18. The second kappa shape index (κ2) is 5.63. The van der Waals surface area contributed by atoms with E-state index in [2.05, 4.69) is 12.2 Å². The molecule has 1 aromatic rings. The van der Waals surface area contributed by atoms with Crippen molar-refractivity contribution in [1.82, 2.24) is 0 Å². The van der Waals surface area contributed by atoms with Crippen molar-refractivity contribution in [3.63, 3.8) is 0 Å². The molecule has 0 amide bonds. The summed E-state index contributed by atoms with van der Waals surface area (Å²) < 4.78 is 5.22. The molecule has 0 radical (unpaired) electrons. The van der Waals surface area contributed by atoms with Gasteiger partial charge in [-0.25, -0.2) is 0 Å². The van der Waals surface area contributed by atoms with Gasteiger partial charge in [-0.2, -0.15) is 0 Å². The van der Waals surface area contributed by atoms with Crippen LogP contribution in [0, 0.1) is 5.92 Å². The maximum Gasteiger partial charge on any atom is 0.121 e. The van der Waals surface area contributed by atoms with Crippen LogP contribution in [0.3, 0.4) is 0 Å². The highest BCUT2D eigenvalue weighted by Crippen LogP contribution is 2.31. The summed E-state index contributed by atoms with van der Waals surface area (Å²) in [6.07, 6.45) is 5.07. The Morgan fingerprint density at radius 3 is 2.59 bits per heavy atom. The quantitative estimate of drug-likeness (QED) is 0.865. The molecule has 1 saturated carbocycles. The van der Waals surface area contributed by atoms with Crippen LogP contribution in [-0.4, -0.2) is 13.2 Å². The fourth-order valence-electron chi connectivity index (χ4n) is 2.37. The number of methoxy groups -OCH3 is 1. The highest BCUT2D eigenvalue weighted by atomic mass is 35.5. The highest BCUT2D eigenvalue weighted by molar-refractivity contribution is 6.33. The lowest BCUT2D eigenvalue weighted by molar-refractivity contribution is 0.361. The van der Waals surface area contributed by atoms with E-state index in [9.17, 15) is 0 Å². The molecule has 1 fully saturated rings. The molecule has 0 spiro atoms. The minimum atomic E-state index is 0.552. The van der Waals surface area contributed by atoms with E-state index in [1.54, 1.807) is 7.11 Å². The molecule has 94 valence electrons. The number of hydrogen-bond acceptors (Lipinski definition) is 2. The van der Waals surface area contributed by atoms with Crippen LogP contribution in [0.15, 0.2) is 18.2 Å². The summed E-state index contributed by atoms with van der Waals surface area (Å²) in [5, 5.41) is 4.30. The monoisotopic (exact) mass is 253 g/mol. The average molecular weight is 254 g/mol. The first kappa shape index (κ1) is 12.6. The molecule has 3 heteroatoms. The number of benzene rings is 1. The van der Waals surface area contributed by atoms with Crippen molar-refractivity contribution < 1.29 is 4.74 Å². The van der Waals surface area contributed by atoms with Gasteiger partial charge in [0, 0.05) is 12.1 Å². The molecule has 0 heterocycles. The van der Waals surface area contributed by atoms with E-state index in [1.165, 1.54) is 25.7 Å². The molecule has 0 aromatic heterocycles. The van der Waals surface area contributed by atoms with Crippen LogP contribution >= 0.6 is 11.6 Å². The molecule has 1 aromatic carbocycles. The molecule has 0 bridgehead atoms. The lowest BCUT2D eigenvalue weighted by Gasteiger charge is -2.28. The van der Waals surface area contributed by atoms with Gasteiger partial charge in [0.2, 0.25) is 0 Å². The fourth-order valence-corrected chi connectivity index (χ4v) is 2.54. The smallest absolute Gasteiger partial charge is 0.121 e. The maximum atomic E-state index is 6.18. The molecular weight excluding hydrogens is 234 g/mol. The van der Waals surface area contributed by atoms with Crippen LogP contribution in [0.25, 0.3) is 0 Å². The first-order valence-electron chi connectivity index (χ1n) is 6.29. The van der Waals surface area contributed by atoms with Crippen LogP contribution in [0.5, 0.6) is 5.75 Å². The van der Waals surface area contributed by atoms with Crippen LogP contribution in [0.1, 0.15) is 32.6 Å². The normalized spacial score (nSPS) is 24.4. The number of hydrogen-bond donors (Lipinski definition) is 1. The molecule has 2 rings (SSSR count). The van der Waals surface area contributed by atoms with E-state index in [1.807, 2.05) is 18.2 Å². The van der Waals surface area contributed by atoms with Gasteiger partial charge in [0.1, 0.15) is 5.75 Å². The van der Waals surface area contributed by atoms with Gasteiger partial charge in [-0.3, -0.25) is 0 Å². The van der Waals surface area contributed by atoms with Crippen molar-refractivity contribution in [3.8, 4) is 5.75 Å². The second-order valence-corrected chi connectivity index (χ2v) is 5.35. The minimum Gasteiger partial charge on any atom is -0.497 e. The molecular formula is C14H20ClNO. The molecule has 0 atom stereocenters. The summed E-state index contributed by atoms with van der Waals surface area (Å²) in [7, 11) is 1.68. The largest absolute Gasteiger partial charge is 0.497 e. The van der Waals surface area contributed by atoms with Gasteiger partial charge in [0.05, 0.1) is 17.8 Å². The predicted molar refractivity (Wildman–Crippen MR) is 73.0 cm³/mol. The first-order chi connectivity index (χ1) is 8.19. The van der Waals surface area contributed by atoms with Crippen LogP contribution in [0.4, 0.5) is 5.69 Å². The zero-order valence-electron chi connectivity index (χ0n) is 10.5. The summed E-state index contributed by atoms with van der Waals surface area (Å²) in [4.78, 5) is 0. The summed E-state index contributed by atoms with van der Waals surface area (Å²) in [6.45, 7) is 2.33. The molecule has 2 nitrogen and oxygen atoms in total. The van der Waals surface area contributed by atoms with Crippen LogP contribution in [-0.2, 0) is 0 Å². The molecule has 1 aliphatic carbocycles. The Morgan fingerprint density at radius 2 is 1.94 bits per heavy atom. The van der Waals surface area contributed by atoms with Gasteiger partial charge in [-0.15, -0.1) is 0 Å². The standard InChI is InChI=1S/C14H20ClNO/c1-10-3-5-11(6-4-10)16-14-9-12(17-2)7-8-13(14)15/h7-11,16H,3-6H2,1-2H3. The van der Waals surface area contributed by atoms with Crippen molar-refractivity contribution in [2.45, 2.75) is 38.6 Å². The maximum absolute atomic E-state index is 6.18. The van der Waals surface area contributed by atoms with E-state index < -0.39 is 0 Å². The second-order valence-electron chi connectivity index (χ2n) is 4.95. The molecule has 0 aliphatic heterocycles. The topological polar surface area (TPSA) is 21.3 Å². The summed E-state index contributed by atoms with van der Waals surface area (Å²) in [5.74, 6) is 1.72. The molecule has 0 unspecified atom stereocenters. The third kappa shape index (κ3) is 3.29. The van der Waals surface area contributed by atoms with Gasteiger partial charge < -0.3 is 10.1 Å². The van der Waals surface area contributed by atoms with Crippen molar-refractivity contribution in [2.24, 2.45) is 5.92 Å². The Balaban J connectivity index is 2.02. The Bertz CT molecular complexity index is 372. The van der Waals surface area contributed by atoms with E-state index in [-0.39, 0.29) is 0 Å². The predicted octanol–water partition coefficient (Wildman–Crippen LogP) is 4.34. The SMILES string of the molecule is COc1ccc(Cl)c(NC2CCC(C)CC2)c1. The third-order valence-corrected chi connectivity index (χ3v) is 3.88. The Kier molecular flexibility index (Phi) is 4.16. The summed E-state index contributed by atoms with van der Waals surface area (Å²) in [6, 6.07) is 6.29. The zero-order chi connectivity index (χ0) is 12.3. The minimum absolute atomic E-state index is 0.552. The van der Waals surface area contributed by atoms with E-state index in [0.717, 1.165) is 22.4 Å². The summed E-state index contributed by atoms with van der Waals surface area (Å²) >= 11 is 6.18. The Labute approximate surface area is 108 Å². The number of ether oxygens (including phenoxy) is 1. The molecule has 17 heavy (non-hydrogen) atoms. The van der Waals surface area contributed by atoms with Crippen molar-refractivity contribution in [1.29, 1.82) is 0 Å². The van der Waals surface area contributed by atoms with E-state index in [4.69, 9.17) is 16.3 Å². The molecule has 1 aliphatic rings. The lowest BCUT2D eigenvalue weighted by atomic mass is 9.87. The number of halogens is 1. The number of rotatable bonds is 3. The average Bonchev–Trinajstić information content (AvgIpc) is 2.35. The molecule has 0 saturated heterocycles. The van der Waals surface area contributed by atoms with E-state index >= 15 is 0 Å². The van der Waals surface area contributed by atoms with E-state index in [0.29, 0.717) is 6.04 Å². The molecule has 1 N–H and O–H groups in total. The zero-order valence-corrected chi connectivity index (χ0v) is 11.3. The van der Waals surface area contributed by atoms with Crippen LogP contribution in [0.2, 0.25) is 5.02 Å². The summed E-state index contributed by atoms with van der Waals surface area (Å²) in [5.41, 5.74) is 0.991. The van der Waals surface area contributed by atoms with Crippen LogP contribution < -0.4 is 10.1 Å². The third-order valence-electron chi connectivity index (χ3n) is 3.55. The van der Waals surface area contributed by atoms with Crippen molar-refractivity contribution in [2.75, 3.05) is 12.4 Å². The fraction of sp³-hybridized carbons (Fsp3) is 0.571. The van der Waals surface area contributed by atoms with Gasteiger partial charge in [-0.05, 0) is 43.7 Å². The first-order valence-corrected chi connectivity index (χ1v) is 6.67. The van der Waals surface area contributed by atoms with Crippen molar-refractivity contribution >= 4 is 17.3 Å². The van der Waals surface area contributed by atoms with Gasteiger partial charge in [0.15, 0.2) is 0 Å². The van der Waals surface area contributed by atoms with Gasteiger partial charge in [-0.1, -0.05) is 18.5 Å². The Morgan fingerprint density at radius 1 is 1.24 bits per heavy atom. The van der Waals surface area contributed by atoms with Crippen molar-refractivity contribution in [3.05, 3.63) is 23.2 Å². The number of anilines is 1. The van der Waals surface area contributed by atoms with Gasteiger partial charge >= 0.3 is 0 Å². The number of nitrogens with one attached hydrogen (secondary N) is 1. The van der Waals surface area contributed by atoms with Gasteiger partial charge in [0.25, 0.3) is 0 Å². The lowest BCUT2D eigenvalue weighted by Crippen LogP contribution is -2.25. The Hall–Kier alpha value is -0.890.